The van der Waals surface area contributed by atoms with E-state index >= 15 is 0 Å². The lowest BCUT2D eigenvalue weighted by Crippen LogP contribution is -2.36. The fourth-order valence-electron chi connectivity index (χ4n) is 3.35. The van der Waals surface area contributed by atoms with Gasteiger partial charge < -0.3 is 9.47 Å². The van der Waals surface area contributed by atoms with Gasteiger partial charge in [0, 0.05) is 44.5 Å². The Labute approximate surface area is 137 Å². The van der Waals surface area contributed by atoms with Crippen LogP contribution >= 0.6 is 11.3 Å². The molecule has 120 valence electrons. The predicted molar refractivity (Wildman–Crippen MR) is 91.9 cm³/mol. The van der Waals surface area contributed by atoms with Crippen LogP contribution in [0.1, 0.15) is 25.2 Å². The molecule has 22 heavy (non-hydrogen) atoms. The lowest BCUT2D eigenvalue weighted by atomic mass is 10.1. The van der Waals surface area contributed by atoms with Gasteiger partial charge in [-0.25, -0.2) is 4.98 Å². The number of rotatable bonds is 6. The number of imidazole rings is 1. The molecular formula is C17H26N4S. The summed E-state index contributed by atoms with van der Waals surface area (Å²) < 4.78 is 2.35. The highest BCUT2D eigenvalue weighted by Crippen LogP contribution is 2.19. The van der Waals surface area contributed by atoms with Crippen LogP contribution in [0.25, 0.3) is 0 Å². The van der Waals surface area contributed by atoms with Crippen molar-refractivity contribution >= 4 is 11.3 Å². The van der Waals surface area contributed by atoms with Gasteiger partial charge >= 0.3 is 0 Å². The second-order valence-corrected chi connectivity index (χ2v) is 6.93. The van der Waals surface area contributed by atoms with Gasteiger partial charge in [0.05, 0.1) is 6.54 Å². The minimum absolute atomic E-state index is 0.661. The predicted octanol–water partition coefficient (Wildman–Crippen LogP) is 2.92. The third kappa shape index (κ3) is 3.77. The van der Waals surface area contributed by atoms with Gasteiger partial charge in [0.15, 0.2) is 0 Å². The van der Waals surface area contributed by atoms with Crippen LogP contribution in [-0.4, -0.2) is 45.5 Å². The normalized spacial score (nSPS) is 19.3. The van der Waals surface area contributed by atoms with E-state index in [1.54, 1.807) is 11.3 Å². The molecule has 0 N–H and O–H groups in total. The van der Waals surface area contributed by atoms with E-state index in [4.69, 9.17) is 0 Å². The Hall–Kier alpha value is -1.17. The van der Waals surface area contributed by atoms with Gasteiger partial charge in [0.1, 0.15) is 5.82 Å². The van der Waals surface area contributed by atoms with E-state index in [1.165, 1.54) is 17.9 Å². The summed E-state index contributed by atoms with van der Waals surface area (Å²) in [6.45, 7) is 12.2. The second kappa shape index (κ2) is 7.40. The molecule has 3 rings (SSSR count). The molecule has 2 aromatic heterocycles. The Morgan fingerprint density at radius 3 is 2.91 bits per heavy atom. The molecule has 0 aromatic carbocycles. The summed E-state index contributed by atoms with van der Waals surface area (Å²) in [5, 5.41) is 4.43. The van der Waals surface area contributed by atoms with Gasteiger partial charge in [-0.2, -0.15) is 11.3 Å². The van der Waals surface area contributed by atoms with Gasteiger partial charge in [-0.05, 0) is 35.5 Å². The molecule has 0 fully saturated rings. The average Bonchev–Trinajstić information content (AvgIpc) is 3.14. The molecule has 0 aliphatic carbocycles. The molecule has 0 saturated heterocycles. The first kappa shape index (κ1) is 15.7. The molecule has 5 heteroatoms. The molecule has 2 aromatic rings. The smallest absolute Gasteiger partial charge is 0.122 e. The fraction of sp³-hybridized carbons (Fsp3) is 0.588. The highest BCUT2D eigenvalue weighted by molar-refractivity contribution is 7.07. The van der Waals surface area contributed by atoms with Crippen LogP contribution in [-0.2, 0) is 19.6 Å². The lowest BCUT2D eigenvalue weighted by Gasteiger charge is -2.28. The molecule has 3 heterocycles. The van der Waals surface area contributed by atoms with Crippen molar-refractivity contribution < 1.29 is 0 Å². The Morgan fingerprint density at radius 2 is 2.18 bits per heavy atom. The number of aromatic nitrogens is 2. The minimum Gasteiger partial charge on any atom is -0.333 e. The van der Waals surface area contributed by atoms with E-state index < -0.39 is 0 Å². The van der Waals surface area contributed by atoms with E-state index in [0.717, 1.165) is 39.3 Å². The van der Waals surface area contributed by atoms with E-state index in [9.17, 15) is 0 Å². The first-order chi connectivity index (χ1) is 10.8. The molecule has 4 nitrogen and oxygen atoms in total. The van der Waals surface area contributed by atoms with E-state index in [1.807, 2.05) is 6.20 Å². The highest BCUT2D eigenvalue weighted by Gasteiger charge is 2.23. The van der Waals surface area contributed by atoms with Crippen molar-refractivity contribution in [2.24, 2.45) is 5.92 Å². The maximum atomic E-state index is 4.56. The zero-order valence-corrected chi connectivity index (χ0v) is 14.4. The third-order valence-corrected chi connectivity index (χ3v) is 5.27. The van der Waals surface area contributed by atoms with E-state index in [0.29, 0.717) is 5.92 Å². The number of hydrogen-bond acceptors (Lipinski definition) is 4. The standard InChI is InChI=1S/C17H26N4S/c1-3-19(4-2)10-16-11-20(9-15-5-8-22-14-15)13-17-18-6-7-21(17)12-16/h5-8,14,16H,3-4,9-13H2,1-2H3/t16-/m1/s1. The SMILES string of the molecule is CCN(CC)C[C@@H]1CN(Cc2ccsc2)Cc2nccn2C1. The highest BCUT2D eigenvalue weighted by atomic mass is 32.1. The molecule has 1 atom stereocenters. The van der Waals surface area contributed by atoms with Crippen LogP contribution < -0.4 is 0 Å². The Morgan fingerprint density at radius 1 is 1.32 bits per heavy atom. The van der Waals surface area contributed by atoms with Crippen LogP contribution in [0.2, 0.25) is 0 Å². The zero-order chi connectivity index (χ0) is 15.4. The van der Waals surface area contributed by atoms with E-state index in [-0.39, 0.29) is 0 Å². The number of thiophene rings is 1. The first-order valence-corrected chi connectivity index (χ1v) is 9.18. The van der Waals surface area contributed by atoms with Crippen LogP contribution in [0.3, 0.4) is 0 Å². The molecule has 0 unspecified atom stereocenters. The van der Waals surface area contributed by atoms with Crippen LogP contribution in [0.4, 0.5) is 0 Å². The lowest BCUT2D eigenvalue weighted by molar-refractivity contribution is 0.175. The minimum atomic E-state index is 0.661. The number of nitrogens with zero attached hydrogens (tertiary/aromatic N) is 4. The molecule has 0 spiro atoms. The molecule has 0 radical (unpaired) electrons. The largest absolute Gasteiger partial charge is 0.333 e. The van der Waals surface area contributed by atoms with Crippen LogP contribution in [0, 0.1) is 5.92 Å². The maximum absolute atomic E-state index is 4.56. The van der Waals surface area contributed by atoms with Crippen molar-refractivity contribution in [3.8, 4) is 0 Å². The molecule has 0 saturated carbocycles. The van der Waals surface area contributed by atoms with Crippen molar-refractivity contribution in [3.05, 3.63) is 40.6 Å². The second-order valence-electron chi connectivity index (χ2n) is 6.15. The van der Waals surface area contributed by atoms with Crippen molar-refractivity contribution in [1.29, 1.82) is 0 Å². The topological polar surface area (TPSA) is 24.3 Å². The monoisotopic (exact) mass is 318 g/mol. The van der Waals surface area contributed by atoms with Crippen molar-refractivity contribution in [1.82, 2.24) is 19.4 Å². The average molecular weight is 318 g/mol. The van der Waals surface area contributed by atoms with Crippen molar-refractivity contribution in [3.63, 3.8) is 0 Å². The van der Waals surface area contributed by atoms with Gasteiger partial charge in [-0.15, -0.1) is 0 Å². The number of fused-ring (bicyclic) bond motifs is 1. The Kier molecular flexibility index (Phi) is 5.28. The molecular weight excluding hydrogens is 292 g/mol. The summed E-state index contributed by atoms with van der Waals surface area (Å²) in [5.41, 5.74) is 1.42. The maximum Gasteiger partial charge on any atom is 0.122 e. The third-order valence-electron chi connectivity index (χ3n) is 4.54. The Balaban J connectivity index is 1.73. The first-order valence-electron chi connectivity index (χ1n) is 8.24. The van der Waals surface area contributed by atoms with Crippen molar-refractivity contribution in [2.45, 2.75) is 33.5 Å². The molecule has 1 aliphatic rings. The van der Waals surface area contributed by atoms with Crippen LogP contribution in [0.15, 0.2) is 29.2 Å². The molecule has 0 amide bonds. The molecule has 1 aliphatic heterocycles. The van der Waals surface area contributed by atoms with E-state index in [2.05, 4.69) is 56.2 Å². The number of hydrogen-bond donors (Lipinski definition) is 0. The van der Waals surface area contributed by atoms with Gasteiger partial charge in [-0.3, -0.25) is 4.90 Å². The van der Waals surface area contributed by atoms with Crippen LogP contribution in [0.5, 0.6) is 0 Å². The summed E-state index contributed by atoms with van der Waals surface area (Å²) in [4.78, 5) is 9.66. The zero-order valence-electron chi connectivity index (χ0n) is 13.6. The fourth-order valence-corrected chi connectivity index (χ4v) is 4.01. The summed E-state index contributed by atoms with van der Waals surface area (Å²) in [6.07, 6.45) is 4.08. The summed E-state index contributed by atoms with van der Waals surface area (Å²) >= 11 is 1.78. The van der Waals surface area contributed by atoms with Gasteiger partial charge in [0.25, 0.3) is 0 Å². The quantitative estimate of drug-likeness (QED) is 0.818. The van der Waals surface area contributed by atoms with Gasteiger partial charge in [0.2, 0.25) is 0 Å². The van der Waals surface area contributed by atoms with Crippen molar-refractivity contribution in [2.75, 3.05) is 26.2 Å². The van der Waals surface area contributed by atoms with Gasteiger partial charge in [-0.1, -0.05) is 13.8 Å². The Bertz CT molecular complexity index is 559. The summed E-state index contributed by atoms with van der Waals surface area (Å²) in [6, 6.07) is 2.24. The summed E-state index contributed by atoms with van der Waals surface area (Å²) in [5.74, 6) is 1.87. The summed E-state index contributed by atoms with van der Waals surface area (Å²) in [7, 11) is 0. The molecule has 0 bridgehead atoms.